The van der Waals surface area contributed by atoms with Crippen LogP contribution in [0.5, 0.6) is 0 Å². The average Bonchev–Trinajstić information content (AvgIpc) is 2.90. The molecular formula is C29H28ClN3O2. The molecule has 2 heterocycles. The second-order valence-corrected chi connectivity index (χ2v) is 9.46. The normalized spacial score (nSPS) is 15.1. The van der Waals surface area contributed by atoms with Crippen molar-refractivity contribution in [3.05, 3.63) is 107 Å². The molecule has 0 aliphatic carbocycles. The first-order chi connectivity index (χ1) is 17.0. The smallest absolute Gasteiger partial charge is 0.410 e. The molecule has 1 aliphatic heterocycles. The fourth-order valence-corrected chi connectivity index (χ4v) is 5.06. The summed E-state index contributed by atoms with van der Waals surface area (Å²) in [6.45, 7) is 3.50. The van der Waals surface area contributed by atoms with Gasteiger partial charge in [0, 0.05) is 35.4 Å². The molecule has 6 heteroatoms. The van der Waals surface area contributed by atoms with E-state index >= 15 is 0 Å². The van der Waals surface area contributed by atoms with Crippen LogP contribution in [0.15, 0.2) is 85.1 Å². The SMILES string of the molecule is Cc1c(Cl)cccc1C1(Nc2ccc3cccnc3c2)CCN(C(=O)OCc2ccccc2)CC1. The number of piperidine rings is 1. The van der Waals surface area contributed by atoms with Gasteiger partial charge >= 0.3 is 6.09 Å². The Bertz CT molecular complexity index is 1330. The number of ether oxygens (including phenoxy) is 1. The van der Waals surface area contributed by atoms with Crippen LogP contribution in [0, 0.1) is 6.92 Å². The van der Waals surface area contributed by atoms with Gasteiger partial charge in [-0.3, -0.25) is 4.98 Å². The average molecular weight is 486 g/mol. The molecule has 4 aromatic rings. The van der Waals surface area contributed by atoms with Crippen molar-refractivity contribution in [2.45, 2.75) is 31.9 Å². The van der Waals surface area contributed by atoms with E-state index in [0.717, 1.165) is 51.1 Å². The summed E-state index contributed by atoms with van der Waals surface area (Å²) in [4.78, 5) is 19.1. The van der Waals surface area contributed by atoms with Gasteiger partial charge in [0.2, 0.25) is 0 Å². The quantitative estimate of drug-likeness (QED) is 0.332. The monoisotopic (exact) mass is 485 g/mol. The van der Waals surface area contributed by atoms with Gasteiger partial charge in [0.25, 0.3) is 0 Å². The Morgan fingerprint density at radius 2 is 1.83 bits per heavy atom. The molecule has 0 spiro atoms. The lowest BCUT2D eigenvalue weighted by Crippen LogP contribution is -2.49. The highest BCUT2D eigenvalue weighted by Crippen LogP contribution is 2.40. The summed E-state index contributed by atoms with van der Waals surface area (Å²) in [5.74, 6) is 0. The number of pyridine rings is 1. The van der Waals surface area contributed by atoms with Gasteiger partial charge in [-0.15, -0.1) is 0 Å². The van der Waals surface area contributed by atoms with Crippen LogP contribution in [0.3, 0.4) is 0 Å². The van der Waals surface area contributed by atoms with E-state index in [2.05, 4.69) is 47.6 Å². The number of hydrogen-bond donors (Lipinski definition) is 1. The number of halogens is 1. The van der Waals surface area contributed by atoms with E-state index in [1.165, 1.54) is 0 Å². The largest absolute Gasteiger partial charge is 0.445 e. The molecule has 0 saturated carbocycles. The number of likely N-dealkylation sites (tertiary alicyclic amines) is 1. The number of carbonyl (C=O) groups excluding carboxylic acids is 1. The van der Waals surface area contributed by atoms with Gasteiger partial charge in [-0.25, -0.2) is 4.79 Å². The molecule has 0 bridgehead atoms. The molecule has 5 nitrogen and oxygen atoms in total. The lowest BCUT2D eigenvalue weighted by Gasteiger charge is -2.44. The van der Waals surface area contributed by atoms with Crippen molar-refractivity contribution in [2.75, 3.05) is 18.4 Å². The van der Waals surface area contributed by atoms with Gasteiger partial charge in [-0.05, 0) is 60.7 Å². The highest BCUT2D eigenvalue weighted by Gasteiger charge is 2.39. The fourth-order valence-electron chi connectivity index (χ4n) is 4.89. The van der Waals surface area contributed by atoms with Crippen LogP contribution >= 0.6 is 11.6 Å². The zero-order valence-corrected chi connectivity index (χ0v) is 20.5. The molecule has 1 amide bonds. The van der Waals surface area contributed by atoms with Crippen LogP contribution in [-0.4, -0.2) is 29.1 Å². The third-order valence-corrected chi connectivity index (χ3v) is 7.26. The number of fused-ring (bicyclic) bond motifs is 1. The number of nitrogens with one attached hydrogen (secondary N) is 1. The van der Waals surface area contributed by atoms with Crippen molar-refractivity contribution in [3.63, 3.8) is 0 Å². The molecule has 1 N–H and O–H groups in total. The van der Waals surface area contributed by atoms with Crippen molar-refractivity contribution in [2.24, 2.45) is 0 Å². The van der Waals surface area contributed by atoms with E-state index in [1.54, 1.807) is 4.90 Å². The molecule has 0 atom stereocenters. The predicted molar refractivity (Wildman–Crippen MR) is 141 cm³/mol. The molecule has 178 valence electrons. The molecule has 1 fully saturated rings. The van der Waals surface area contributed by atoms with Gasteiger partial charge in [0.05, 0.1) is 11.1 Å². The van der Waals surface area contributed by atoms with E-state index in [-0.39, 0.29) is 18.2 Å². The number of anilines is 1. The number of aromatic nitrogens is 1. The van der Waals surface area contributed by atoms with Gasteiger partial charge in [0.1, 0.15) is 6.61 Å². The second kappa shape index (κ2) is 9.96. The molecule has 0 unspecified atom stereocenters. The van der Waals surface area contributed by atoms with E-state index in [9.17, 15) is 4.79 Å². The summed E-state index contributed by atoms with van der Waals surface area (Å²) >= 11 is 6.53. The zero-order chi connectivity index (χ0) is 24.3. The van der Waals surface area contributed by atoms with Crippen LogP contribution in [0.4, 0.5) is 10.5 Å². The van der Waals surface area contributed by atoms with E-state index < -0.39 is 0 Å². The Morgan fingerprint density at radius 1 is 1.03 bits per heavy atom. The number of benzene rings is 3. The van der Waals surface area contributed by atoms with Crippen molar-refractivity contribution < 1.29 is 9.53 Å². The van der Waals surface area contributed by atoms with Crippen molar-refractivity contribution >= 4 is 34.3 Å². The number of amides is 1. The summed E-state index contributed by atoms with van der Waals surface area (Å²) in [5, 5.41) is 5.65. The topological polar surface area (TPSA) is 54.5 Å². The van der Waals surface area contributed by atoms with E-state index in [0.29, 0.717) is 13.1 Å². The maximum absolute atomic E-state index is 12.8. The van der Waals surface area contributed by atoms with Gasteiger partial charge < -0.3 is 15.0 Å². The third-order valence-electron chi connectivity index (χ3n) is 6.85. The number of rotatable bonds is 5. The summed E-state index contributed by atoms with van der Waals surface area (Å²) < 4.78 is 5.59. The fraction of sp³-hybridized carbons (Fsp3) is 0.241. The molecule has 3 aromatic carbocycles. The standard InChI is InChI=1S/C29H28ClN3O2/c1-21-25(10-5-11-26(21)30)29(32-24-13-12-23-9-6-16-31-27(23)19-24)14-17-33(18-15-29)28(34)35-20-22-7-3-2-4-8-22/h2-13,16,19,32H,14-15,17-18,20H2,1H3. The van der Waals surface area contributed by atoms with Crippen molar-refractivity contribution in [3.8, 4) is 0 Å². The van der Waals surface area contributed by atoms with Gasteiger partial charge in [0.15, 0.2) is 0 Å². The minimum Gasteiger partial charge on any atom is -0.445 e. The molecule has 1 saturated heterocycles. The first-order valence-electron chi connectivity index (χ1n) is 11.9. The van der Waals surface area contributed by atoms with E-state index in [1.807, 2.05) is 54.7 Å². The first-order valence-corrected chi connectivity index (χ1v) is 12.3. The summed E-state index contributed by atoms with van der Waals surface area (Å²) in [6.07, 6.45) is 2.99. The molecular weight excluding hydrogens is 458 g/mol. The molecule has 35 heavy (non-hydrogen) atoms. The Labute approximate surface area is 210 Å². The Balaban J connectivity index is 1.37. The van der Waals surface area contributed by atoms with Crippen LogP contribution in [0.1, 0.15) is 29.5 Å². The minimum absolute atomic E-state index is 0.275. The maximum atomic E-state index is 12.8. The highest BCUT2D eigenvalue weighted by atomic mass is 35.5. The Hall–Kier alpha value is -3.57. The van der Waals surface area contributed by atoms with Crippen LogP contribution in [0.2, 0.25) is 5.02 Å². The summed E-state index contributed by atoms with van der Waals surface area (Å²) in [6, 6.07) is 26.1. The lowest BCUT2D eigenvalue weighted by atomic mass is 9.78. The van der Waals surface area contributed by atoms with Gasteiger partial charge in [-0.1, -0.05) is 66.2 Å². The summed E-state index contributed by atoms with van der Waals surface area (Å²) in [7, 11) is 0. The van der Waals surface area contributed by atoms with Crippen molar-refractivity contribution in [1.82, 2.24) is 9.88 Å². The maximum Gasteiger partial charge on any atom is 0.410 e. The lowest BCUT2D eigenvalue weighted by molar-refractivity contribution is 0.0802. The molecule has 1 aliphatic rings. The Morgan fingerprint density at radius 3 is 2.63 bits per heavy atom. The summed E-state index contributed by atoms with van der Waals surface area (Å²) in [5.41, 5.74) is 4.76. The number of nitrogens with zero attached hydrogens (tertiary/aromatic N) is 2. The van der Waals surface area contributed by atoms with Crippen molar-refractivity contribution in [1.29, 1.82) is 0 Å². The Kier molecular flexibility index (Phi) is 6.60. The zero-order valence-electron chi connectivity index (χ0n) is 19.7. The van der Waals surface area contributed by atoms with Gasteiger partial charge in [-0.2, -0.15) is 0 Å². The van der Waals surface area contributed by atoms with Crippen LogP contribution in [-0.2, 0) is 16.9 Å². The molecule has 1 aromatic heterocycles. The molecule has 0 radical (unpaired) electrons. The van der Waals surface area contributed by atoms with E-state index in [4.69, 9.17) is 16.3 Å². The minimum atomic E-state index is -0.367. The highest BCUT2D eigenvalue weighted by molar-refractivity contribution is 6.31. The first kappa shape index (κ1) is 23.2. The molecule has 5 rings (SSSR count). The number of hydrogen-bond acceptors (Lipinski definition) is 4. The van der Waals surface area contributed by atoms with Crippen LogP contribution < -0.4 is 5.32 Å². The predicted octanol–water partition coefficient (Wildman–Crippen LogP) is 6.94. The number of carbonyl (C=O) groups is 1. The second-order valence-electron chi connectivity index (χ2n) is 9.06. The van der Waals surface area contributed by atoms with Crippen LogP contribution in [0.25, 0.3) is 10.9 Å². The third kappa shape index (κ3) is 4.96.